The number of alkyl halides is 3. The fourth-order valence-electron chi connectivity index (χ4n) is 3.26. The molecule has 11 heteroatoms. The molecule has 2 aromatic rings. The van der Waals surface area contributed by atoms with Gasteiger partial charge in [-0.3, -0.25) is 4.79 Å². The van der Waals surface area contributed by atoms with E-state index in [9.17, 15) is 22.2 Å². The van der Waals surface area contributed by atoms with Crippen LogP contribution in [-0.2, 0) is 22.1 Å². The van der Waals surface area contributed by atoms with Gasteiger partial charge in [0.25, 0.3) is 5.91 Å². The number of amides is 1. The topological polar surface area (TPSA) is 70.1 Å². The molecule has 1 saturated heterocycles. The zero-order valence-corrected chi connectivity index (χ0v) is 18.0. The highest BCUT2D eigenvalue weighted by molar-refractivity contribution is 7.79. The van der Waals surface area contributed by atoms with Gasteiger partial charge in [0, 0.05) is 31.9 Å². The SMILES string of the molecule is CC(Oc1ccc(Cl)c(C(F)(F)F)c1)C(=O)N1CCN(c2ccc(S(=O)O)cc2)CC1. The van der Waals surface area contributed by atoms with Gasteiger partial charge in [0.1, 0.15) is 5.75 Å². The molecule has 0 saturated carbocycles. The summed E-state index contributed by atoms with van der Waals surface area (Å²) in [6.45, 7) is 3.39. The Labute approximate surface area is 184 Å². The highest BCUT2D eigenvalue weighted by atomic mass is 35.5. The van der Waals surface area contributed by atoms with Crippen LogP contribution in [0.25, 0.3) is 0 Å². The highest BCUT2D eigenvalue weighted by Crippen LogP contribution is 2.37. The average molecular weight is 477 g/mol. The van der Waals surface area contributed by atoms with E-state index >= 15 is 0 Å². The Morgan fingerprint density at radius 2 is 1.74 bits per heavy atom. The molecule has 1 heterocycles. The van der Waals surface area contributed by atoms with Crippen LogP contribution in [0.5, 0.6) is 5.75 Å². The van der Waals surface area contributed by atoms with Gasteiger partial charge >= 0.3 is 6.18 Å². The Hall–Kier alpha value is -2.30. The van der Waals surface area contributed by atoms with Gasteiger partial charge in [-0.2, -0.15) is 13.2 Å². The molecule has 1 N–H and O–H groups in total. The maximum Gasteiger partial charge on any atom is 0.417 e. The maximum absolute atomic E-state index is 13.0. The number of hydrogen-bond donors (Lipinski definition) is 1. The van der Waals surface area contributed by atoms with Crippen molar-refractivity contribution in [1.82, 2.24) is 4.90 Å². The molecule has 2 atom stereocenters. The lowest BCUT2D eigenvalue weighted by atomic mass is 10.2. The summed E-state index contributed by atoms with van der Waals surface area (Å²) in [4.78, 5) is 16.6. The number of hydrogen-bond acceptors (Lipinski definition) is 4. The van der Waals surface area contributed by atoms with Crippen molar-refractivity contribution in [3.8, 4) is 5.75 Å². The summed E-state index contributed by atoms with van der Waals surface area (Å²) < 4.78 is 64.6. The average Bonchev–Trinajstić information content (AvgIpc) is 2.74. The van der Waals surface area contributed by atoms with E-state index in [1.165, 1.54) is 13.0 Å². The van der Waals surface area contributed by atoms with Gasteiger partial charge < -0.3 is 19.1 Å². The number of piperazine rings is 1. The Bertz CT molecular complexity index is 964. The number of halogens is 4. The first-order chi connectivity index (χ1) is 14.6. The molecule has 6 nitrogen and oxygen atoms in total. The van der Waals surface area contributed by atoms with E-state index in [4.69, 9.17) is 20.9 Å². The van der Waals surface area contributed by atoms with Gasteiger partial charge in [-0.05, 0) is 49.4 Å². The lowest BCUT2D eigenvalue weighted by Gasteiger charge is -2.37. The molecule has 0 spiro atoms. The first-order valence-corrected chi connectivity index (χ1v) is 10.8. The standard InChI is InChI=1S/C20H20ClF3N2O4S/c1-13(30-15-4-7-18(21)17(12-15)20(22,23)24)19(27)26-10-8-25(9-11-26)14-2-5-16(6-3-14)31(28)29/h2-7,12-13H,8-11H2,1H3,(H,28,29). The van der Waals surface area contributed by atoms with Gasteiger partial charge in [0.15, 0.2) is 17.2 Å². The van der Waals surface area contributed by atoms with Crippen LogP contribution in [0.3, 0.4) is 0 Å². The molecule has 0 radical (unpaired) electrons. The van der Waals surface area contributed by atoms with Crippen molar-refractivity contribution in [3.63, 3.8) is 0 Å². The molecule has 2 aromatic carbocycles. The molecule has 1 amide bonds. The van der Waals surface area contributed by atoms with Crippen LogP contribution in [0.4, 0.5) is 18.9 Å². The number of ether oxygens (including phenoxy) is 1. The Morgan fingerprint density at radius 1 is 1.13 bits per heavy atom. The summed E-state index contributed by atoms with van der Waals surface area (Å²) in [6, 6.07) is 9.79. The van der Waals surface area contributed by atoms with E-state index in [-0.39, 0.29) is 11.7 Å². The predicted octanol–water partition coefficient (Wildman–Crippen LogP) is 4.06. The second-order valence-corrected chi connectivity index (χ2v) is 8.33. The Kier molecular flexibility index (Phi) is 7.13. The molecule has 1 aliphatic rings. The zero-order valence-electron chi connectivity index (χ0n) is 16.4. The Morgan fingerprint density at radius 3 is 2.29 bits per heavy atom. The third-order valence-electron chi connectivity index (χ3n) is 4.90. The van der Waals surface area contributed by atoms with Crippen molar-refractivity contribution in [2.75, 3.05) is 31.1 Å². The zero-order chi connectivity index (χ0) is 22.8. The lowest BCUT2D eigenvalue weighted by molar-refractivity contribution is -0.138. The molecule has 0 bridgehead atoms. The van der Waals surface area contributed by atoms with Crippen LogP contribution in [0.2, 0.25) is 5.02 Å². The van der Waals surface area contributed by atoms with Crippen molar-refractivity contribution in [2.24, 2.45) is 0 Å². The second kappa shape index (κ2) is 9.46. The van der Waals surface area contributed by atoms with Crippen LogP contribution in [-0.4, -0.2) is 51.9 Å². The van der Waals surface area contributed by atoms with Gasteiger partial charge in [-0.1, -0.05) is 11.6 Å². The minimum atomic E-state index is -4.62. The van der Waals surface area contributed by atoms with Crippen molar-refractivity contribution in [3.05, 3.63) is 53.1 Å². The summed E-state index contributed by atoms with van der Waals surface area (Å²) >= 11 is 3.57. The molecule has 2 unspecified atom stereocenters. The number of anilines is 1. The third-order valence-corrected chi connectivity index (χ3v) is 5.90. The summed E-state index contributed by atoms with van der Waals surface area (Å²) in [7, 11) is 0. The van der Waals surface area contributed by atoms with Crippen molar-refractivity contribution >= 4 is 34.3 Å². The first-order valence-electron chi connectivity index (χ1n) is 9.34. The van der Waals surface area contributed by atoms with Crippen LogP contribution < -0.4 is 9.64 Å². The van der Waals surface area contributed by atoms with E-state index in [0.29, 0.717) is 31.1 Å². The monoisotopic (exact) mass is 476 g/mol. The molecule has 168 valence electrons. The fourth-order valence-corrected chi connectivity index (χ4v) is 3.86. The molecular weight excluding hydrogens is 457 g/mol. The summed E-state index contributed by atoms with van der Waals surface area (Å²) in [6.07, 6.45) is -5.59. The van der Waals surface area contributed by atoms with E-state index in [1.807, 2.05) is 4.90 Å². The molecule has 0 aliphatic carbocycles. The molecule has 31 heavy (non-hydrogen) atoms. The van der Waals surface area contributed by atoms with E-state index in [1.54, 1.807) is 29.2 Å². The first kappa shape index (κ1) is 23.4. The van der Waals surface area contributed by atoms with Crippen molar-refractivity contribution in [1.29, 1.82) is 0 Å². The Balaban J connectivity index is 1.58. The van der Waals surface area contributed by atoms with Crippen LogP contribution in [0.15, 0.2) is 47.4 Å². The number of carbonyl (C=O) groups is 1. The quantitative estimate of drug-likeness (QED) is 0.659. The van der Waals surface area contributed by atoms with Crippen LogP contribution in [0, 0.1) is 0 Å². The second-order valence-electron chi connectivity index (χ2n) is 6.95. The van der Waals surface area contributed by atoms with Gasteiger partial charge in [0.05, 0.1) is 15.5 Å². The minimum Gasteiger partial charge on any atom is -0.481 e. The maximum atomic E-state index is 13.0. The fraction of sp³-hybridized carbons (Fsp3) is 0.350. The third kappa shape index (κ3) is 5.69. The molecule has 1 fully saturated rings. The van der Waals surface area contributed by atoms with Crippen LogP contribution >= 0.6 is 11.6 Å². The smallest absolute Gasteiger partial charge is 0.417 e. The van der Waals surface area contributed by atoms with Gasteiger partial charge in [0.2, 0.25) is 0 Å². The largest absolute Gasteiger partial charge is 0.481 e. The molecular formula is C20H20ClF3N2O4S. The number of nitrogens with zero attached hydrogens (tertiary/aromatic N) is 2. The lowest BCUT2D eigenvalue weighted by Crippen LogP contribution is -2.52. The molecule has 3 rings (SSSR count). The number of rotatable bonds is 5. The molecule has 1 aliphatic heterocycles. The number of carbonyl (C=O) groups excluding carboxylic acids is 1. The van der Waals surface area contributed by atoms with E-state index < -0.39 is 33.9 Å². The van der Waals surface area contributed by atoms with Crippen molar-refractivity contribution < 1.29 is 31.5 Å². The highest BCUT2D eigenvalue weighted by Gasteiger charge is 2.34. The van der Waals surface area contributed by atoms with Gasteiger partial charge in [-0.25, -0.2) is 4.21 Å². The van der Waals surface area contributed by atoms with Crippen LogP contribution in [0.1, 0.15) is 12.5 Å². The summed E-state index contributed by atoms with van der Waals surface area (Å²) in [5, 5.41) is -0.437. The minimum absolute atomic E-state index is 0.0856. The predicted molar refractivity (Wildman–Crippen MR) is 111 cm³/mol. The summed E-state index contributed by atoms with van der Waals surface area (Å²) in [5.41, 5.74) is -0.151. The van der Waals surface area contributed by atoms with Crippen molar-refractivity contribution in [2.45, 2.75) is 24.1 Å². The van der Waals surface area contributed by atoms with Gasteiger partial charge in [-0.15, -0.1) is 0 Å². The molecule has 0 aromatic heterocycles. The number of benzene rings is 2. The summed E-state index contributed by atoms with van der Waals surface area (Å²) in [5.74, 6) is -0.410. The van der Waals surface area contributed by atoms with E-state index in [2.05, 4.69) is 0 Å². The normalized spacial score (nSPS) is 16.7. The van der Waals surface area contributed by atoms with E-state index in [0.717, 1.165) is 17.8 Å².